The molecule has 0 saturated carbocycles. The summed E-state index contributed by atoms with van der Waals surface area (Å²) < 4.78 is 34.2. The summed E-state index contributed by atoms with van der Waals surface area (Å²) in [5.74, 6) is -0.871. The first-order chi connectivity index (χ1) is 5.41. The highest BCUT2D eigenvalue weighted by molar-refractivity contribution is 7.90. The van der Waals surface area contributed by atoms with Crippen molar-refractivity contribution < 1.29 is 12.8 Å². The van der Waals surface area contributed by atoms with Gasteiger partial charge in [-0.15, -0.1) is 0 Å². The van der Waals surface area contributed by atoms with Gasteiger partial charge < -0.3 is 0 Å². The molecule has 0 fully saturated rings. The minimum atomic E-state index is -3.36. The molecule has 0 spiro atoms. The molecule has 0 saturated heterocycles. The van der Waals surface area contributed by atoms with Gasteiger partial charge in [0.25, 0.3) is 0 Å². The Morgan fingerprint density at radius 2 is 2.17 bits per heavy atom. The Morgan fingerprint density at radius 1 is 1.58 bits per heavy atom. The van der Waals surface area contributed by atoms with E-state index in [-0.39, 0.29) is 9.92 Å². The van der Waals surface area contributed by atoms with Crippen molar-refractivity contribution in [2.45, 2.75) is 4.90 Å². The predicted molar refractivity (Wildman–Crippen MR) is 42.3 cm³/mol. The molecule has 1 rings (SSSR count). The highest BCUT2D eigenvalue weighted by Gasteiger charge is 2.10. The van der Waals surface area contributed by atoms with Crippen LogP contribution in [0.5, 0.6) is 0 Å². The normalized spacial score (nSPS) is 11.6. The van der Waals surface area contributed by atoms with Gasteiger partial charge in [-0.25, -0.2) is 13.4 Å². The van der Waals surface area contributed by atoms with Gasteiger partial charge in [-0.2, -0.15) is 4.39 Å². The van der Waals surface area contributed by atoms with Crippen LogP contribution in [0.25, 0.3) is 0 Å². The van der Waals surface area contributed by atoms with Gasteiger partial charge in [-0.3, -0.25) is 0 Å². The van der Waals surface area contributed by atoms with Crippen molar-refractivity contribution in [2.75, 3.05) is 6.26 Å². The smallest absolute Gasteiger partial charge is 0.226 e. The van der Waals surface area contributed by atoms with Crippen LogP contribution < -0.4 is 0 Å². The number of hydrogen-bond acceptors (Lipinski definition) is 3. The van der Waals surface area contributed by atoms with Gasteiger partial charge in [0, 0.05) is 12.5 Å². The van der Waals surface area contributed by atoms with E-state index in [4.69, 9.17) is 11.6 Å². The lowest BCUT2D eigenvalue weighted by molar-refractivity contribution is 0.578. The third-order valence-corrected chi connectivity index (χ3v) is 2.54. The molecule has 0 aliphatic heterocycles. The van der Waals surface area contributed by atoms with E-state index in [0.717, 1.165) is 18.5 Å². The Morgan fingerprint density at radius 3 is 2.58 bits per heavy atom. The number of nitrogens with zero attached hydrogens (tertiary/aromatic N) is 1. The molecule has 12 heavy (non-hydrogen) atoms. The summed E-state index contributed by atoms with van der Waals surface area (Å²) >= 11 is 5.32. The Bertz CT molecular complexity index is 404. The van der Waals surface area contributed by atoms with Gasteiger partial charge in [0.2, 0.25) is 5.95 Å². The molecule has 0 amide bonds. The quantitative estimate of drug-likeness (QED) is 0.655. The maximum Gasteiger partial charge on any atom is 0.231 e. The number of aromatic nitrogens is 1. The van der Waals surface area contributed by atoms with E-state index < -0.39 is 15.8 Å². The molecule has 6 heteroatoms. The molecule has 0 atom stereocenters. The van der Waals surface area contributed by atoms with Crippen molar-refractivity contribution in [1.82, 2.24) is 4.98 Å². The summed E-state index contributed by atoms with van der Waals surface area (Å²) in [5, 5.41) is -0.294. The zero-order valence-electron chi connectivity index (χ0n) is 6.08. The first kappa shape index (κ1) is 9.41. The summed E-state index contributed by atoms with van der Waals surface area (Å²) in [6, 6.07) is 1.03. The molecule has 1 aromatic heterocycles. The largest absolute Gasteiger partial charge is 0.231 e. The Labute approximate surface area is 74.1 Å². The molecule has 0 aliphatic carbocycles. The van der Waals surface area contributed by atoms with Crippen molar-refractivity contribution in [3.63, 3.8) is 0 Å². The molecule has 0 N–H and O–H groups in total. The molecule has 66 valence electrons. The highest BCUT2D eigenvalue weighted by atomic mass is 35.5. The lowest BCUT2D eigenvalue weighted by Crippen LogP contribution is -1.98. The lowest BCUT2D eigenvalue weighted by Gasteiger charge is -1.97. The van der Waals surface area contributed by atoms with E-state index in [1.165, 1.54) is 0 Å². The molecule has 1 aromatic rings. The third kappa shape index (κ3) is 1.92. The minimum absolute atomic E-state index is 0.0890. The zero-order valence-corrected chi connectivity index (χ0v) is 7.66. The van der Waals surface area contributed by atoms with Gasteiger partial charge in [0.15, 0.2) is 9.84 Å². The predicted octanol–water partition coefficient (Wildman–Crippen LogP) is 1.28. The van der Waals surface area contributed by atoms with Crippen LogP contribution in [0.4, 0.5) is 4.39 Å². The van der Waals surface area contributed by atoms with E-state index in [1.54, 1.807) is 0 Å². The van der Waals surface area contributed by atoms with E-state index in [0.29, 0.717) is 0 Å². The van der Waals surface area contributed by atoms with Crippen LogP contribution in [0, 0.1) is 5.95 Å². The molecular formula is C6H5ClFNO2S. The van der Waals surface area contributed by atoms with Crippen LogP contribution >= 0.6 is 11.6 Å². The van der Waals surface area contributed by atoms with Crippen LogP contribution in [0.3, 0.4) is 0 Å². The van der Waals surface area contributed by atoms with Crippen molar-refractivity contribution in [2.24, 2.45) is 0 Å². The van der Waals surface area contributed by atoms with Crippen molar-refractivity contribution in [1.29, 1.82) is 0 Å². The Balaban J connectivity index is 3.33. The summed E-state index contributed by atoms with van der Waals surface area (Å²) in [6.07, 6.45) is 1.93. The fraction of sp³-hybridized carbons (Fsp3) is 0.167. The van der Waals surface area contributed by atoms with Gasteiger partial charge >= 0.3 is 0 Å². The van der Waals surface area contributed by atoms with Gasteiger partial charge in [0.1, 0.15) is 0 Å². The van der Waals surface area contributed by atoms with E-state index in [2.05, 4.69) is 4.98 Å². The van der Waals surface area contributed by atoms with E-state index >= 15 is 0 Å². The number of pyridine rings is 1. The van der Waals surface area contributed by atoms with Crippen molar-refractivity contribution in [3.05, 3.63) is 23.2 Å². The molecule has 0 bridgehead atoms. The maximum atomic E-state index is 12.4. The summed E-state index contributed by atoms with van der Waals surface area (Å²) in [6.45, 7) is 0. The second-order valence-corrected chi connectivity index (χ2v) is 4.64. The fourth-order valence-corrected chi connectivity index (χ4v) is 1.41. The molecular weight excluding hydrogens is 205 g/mol. The van der Waals surface area contributed by atoms with Crippen molar-refractivity contribution >= 4 is 21.4 Å². The van der Waals surface area contributed by atoms with Gasteiger partial charge in [-0.05, 0) is 6.07 Å². The lowest BCUT2D eigenvalue weighted by atomic mass is 10.5. The number of hydrogen-bond donors (Lipinski definition) is 0. The van der Waals surface area contributed by atoms with Gasteiger partial charge in [0.05, 0.1) is 9.92 Å². The average Bonchev–Trinajstić information content (AvgIpc) is 1.92. The van der Waals surface area contributed by atoms with Crippen molar-refractivity contribution in [3.8, 4) is 0 Å². The SMILES string of the molecule is CS(=O)(=O)c1cnc(F)c(Cl)c1. The molecule has 0 radical (unpaired) electrons. The summed E-state index contributed by atoms with van der Waals surface area (Å²) in [4.78, 5) is 3.08. The zero-order chi connectivity index (χ0) is 9.35. The first-order valence-electron chi connectivity index (χ1n) is 2.92. The average molecular weight is 210 g/mol. The first-order valence-corrected chi connectivity index (χ1v) is 5.19. The monoisotopic (exact) mass is 209 g/mol. The highest BCUT2D eigenvalue weighted by Crippen LogP contribution is 2.16. The number of sulfone groups is 1. The minimum Gasteiger partial charge on any atom is -0.226 e. The number of rotatable bonds is 1. The Hall–Kier alpha value is -0.680. The summed E-state index contributed by atoms with van der Waals surface area (Å²) in [5.41, 5.74) is 0. The second-order valence-electron chi connectivity index (χ2n) is 2.22. The maximum absolute atomic E-state index is 12.4. The second kappa shape index (κ2) is 2.99. The number of halogens is 2. The standard InChI is InChI=1S/C6H5ClFNO2S/c1-12(10,11)4-2-5(7)6(8)9-3-4/h2-3H,1H3. The van der Waals surface area contributed by atoms with Crippen LogP contribution in [0.15, 0.2) is 17.2 Å². The van der Waals surface area contributed by atoms with E-state index in [1.807, 2.05) is 0 Å². The van der Waals surface area contributed by atoms with Crippen LogP contribution in [0.2, 0.25) is 5.02 Å². The van der Waals surface area contributed by atoms with Crippen LogP contribution in [-0.2, 0) is 9.84 Å². The Kier molecular flexibility index (Phi) is 2.34. The molecule has 3 nitrogen and oxygen atoms in total. The molecule has 1 heterocycles. The molecule has 0 unspecified atom stereocenters. The third-order valence-electron chi connectivity index (χ3n) is 1.20. The summed E-state index contributed by atoms with van der Waals surface area (Å²) in [7, 11) is -3.36. The molecule has 0 aliphatic rings. The van der Waals surface area contributed by atoms with Crippen LogP contribution in [0.1, 0.15) is 0 Å². The molecule has 0 aromatic carbocycles. The topological polar surface area (TPSA) is 47.0 Å². The fourth-order valence-electron chi connectivity index (χ4n) is 0.606. The van der Waals surface area contributed by atoms with Gasteiger partial charge in [-0.1, -0.05) is 11.6 Å². The van der Waals surface area contributed by atoms with Crippen LogP contribution in [-0.4, -0.2) is 19.7 Å². The van der Waals surface area contributed by atoms with E-state index in [9.17, 15) is 12.8 Å².